The molecule has 2 heterocycles. The summed E-state index contributed by atoms with van der Waals surface area (Å²) in [4.78, 5) is 25.4. The van der Waals surface area contributed by atoms with Gasteiger partial charge in [-0.2, -0.15) is 5.10 Å². The Bertz CT molecular complexity index is 1220. The fourth-order valence-corrected chi connectivity index (χ4v) is 4.36. The van der Waals surface area contributed by atoms with Gasteiger partial charge in [0.2, 0.25) is 5.91 Å². The van der Waals surface area contributed by atoms with Gasteiger partial charge in [0.1, 0.15) is 6.54 Å². The molecule has 4 aromatic rings. The number of nitrogens with one attached hydrogen (secondary N) is 1. The highest BCUT2D eigenvalue weighted by Gasteiger charge is 2.16. The van der Waals surface area contributed by atoms with Crippen LogP contribution in [0.25, 0.3) is 20.2 Å². The van der Waals surface area contributed by atoms with E-state index in [0.29, 0.717) is 5.39 Å². The Hall–Kier alpha value is -2.99. The van der Waals surface area contributed by atoms with Crippen molar-refractivity contribution in [3.8, 4) is 0 Å². The highest BCUT2D eigenvalue weighted by Crippen LogP contribution is 2.32. The zero-order chi connectivity index (χ0) is 19.0. The molecule has 27 heavy (non-hydrogen) atoms. The first-order chi connectivity index (χ1) is 13.1. The number of benzene rings is 2. The van der Waals surface area contributed by atoms with Gasteiger partial charge in [-0.15, -0.1) is 11.3 Å². The Morgan fingerprint density at radius 2 is 2.00 bits per heavy atom. The van der Waals surface area contributed by atoms with Crippen LogP contribution >= 0.6 is 11.3 Å². The van der Waals surface area contributed by atoms with Crippen LogP contribution in [0.5, 0.6) is 0 Å². The van der Waals surface area contributed by atoms with E-state index in [2.05, 4.69) is 17.3 Å². The maximum atomic E-state index is 13.0. The highest BCUT2D eigenvalue weighted by molar-refractivity contribution is 7.26. The zero-order valence-electron chi connectivity index (χ0n) is 15.2. The second kappa shape index (κ2) is 6.96. The van der Waals surface area contributed by atoms with Gasteiger partial charge >= 0.3 is 0 Å². The van der Waals surface area contributed by atoms with E-state index in [4.69, 9.17) is 0 Å². The van der Waals surface area contributed by atoms with Crippen molar-refractivity contribution in [2.24, 2.45) is 0 Å². The highest BCUT2D eigenvalue weighted by atomic mass is 32.1. The van der Waals surface area contributed by atoms with Crippen molar-refractivity contribution >= 4 is 43.1 Å². The van der Waals surface area contributed by atoms with Crippen molar-refractivity contribution in [3.05, 3.63) is 70.1 Å². The molecule has 5 nitrogen and oxygen atoms in total. The van der Waals surface area contributed by atoms with Gasteiger partial charge in [-0.05, 0) is 37.1 Å². The maximum Gasteiger partial charge on any atom is 0.276 e. The molecule has 0 saturated carbocycles. The number of carbonyl (C=O) groups excluding carboxylic acids is 1. The Morgan fingerprint density at radius 3 is 2.81 bits per heavy atom. The topological polar surface area (TPSA) is 64.0 Å². The summed E-state index contributed by atoms with van der Waals surface area (Å²) in [6.45, 7) is 3.82. The maximum absolute atomic E-state index is 13.0. The van der Waals surface area contributed by atoms with Crippen molar-refractivity contribution in [2.45, 2.75) is 26.8 Å². The summed E-state index contributed by atoms with van der Waals surface area (Å²) >= 11 is 1.56. The molecular formula is C21H19N3O2S. The minimum Gasteiger partial charge on any atom is -0.324 e. The zero-order valence-corrected chi connectivity index (χ0v) is 16.0. The van der Waals surface area contributed by atoms with Crippen LogP contribution in [-0.4, -0.2) is 15.7 Å². The van der Waals surface area contributed by atoms with Gasteiger partial charge < -0.3 is 5.32 Å². The van der Waals surface area contributed by atoms with E-state index in [0.717, 1.165) is 38.2 Å². The third-order valence-corrected chi connectivity index (χ3v) is 5.84. The molecule has 0 fully saturated rings. The number of hydrogen-bond donors (Lipinski definition) is 1. The van der Waals surface area contributed by atoms with Crippen LogP contribution in [0.1, 0.15) is 18.2 Å². The van der Waals surface area contributed by atoms with E-state index in [1.54, 1.807) is 11.3 Å². The molecule has 0 atom stereocenters. The second-order valence-electron chi connectivity index (χ2n) is 6.45. The summed E-state index contributed by atoms with van der Waals surface area (Å²) in [5.41, 5.74) is 2.40. The van der Waals surface area contributed by atoms with Gasteiger partial charge in [0.15, 0.2) is 0 Å². The Balaban J connectivity index is 1.69. The number of aryl methyl sites for hydroxylation is 2. The molecule has 0 saturated heterocycles. The molecule has 4 rings (SSSR count). The molecule has 6 heteroatoms. The molecule has 0 aliphatic carbocycles. The third kappa shape index (κ3) is 3.24. The molecule has 0 aliphatic rings. The Kier molecular flexibility index (Phi) is 4.49. The second-order valence-corrected chi connectivity index (χ2v) is 7.50. The number of anilines is 1. The van der Waals surface area contributed by atoms with Crippen molar-refractivity contribution in [1.29, 1.82) is 0 Å². The van der Waals surface area contributed by atoms with E-state index in [-0.39, 0.29) is 18.0 Å². The van der Waals surface area contributed by atoms with Gasteiger partial charge in [-0.3, -0.25) is 9.59 Å². The number of nitrogens with zero attached hydrogens (tertiary/aromatic N) is 2. The number of thiophene rings is 1. The molecule has 0 aliphatic heterocycles. The predicted molar refractivity (Wildman–Crippen MR) is 111 cm³/mol. The van der Waals surface area contributed by atoms with E-state index >= 15 is 0 Å². The van der Waals surface area contributed by atoms with Crippen molar-refractivity contribution in [2.75, 3.05) is 5.32 Å². The molecule has 0 spiro atoms. The fourth-order valence-electron chi connectivity index (χ4n) is 3.23. The quantitative estimate of drug-likeness (QED) is 0.582. The largest absolute Gasteiger partial charge is 0.324 e. The number of aromatic nitrogens is 2. The predicted octanol–water partition coefficient (Wildman–Crippen LogP) is 4.12. The summed E-state index contributed by atoms with van der Waals surface area (Å²) in [5.74, 6) is -0.267. The smallest absolute Gasteiger partial charge is 0.276 e. The molecule has 2 aromatic carbocycles. The van der Waals surface area contributed by atoms with Gasteiger partial charge in [0, 0.05) is 15.8 Å². The first kappa shape index (κ1) is 17.4. The molecular weight excluding hydrogens is 358 g/mol. The van der Waals surface area contributed by atoms with Gasteiger partial charge in [-0.25, -0.2) is 4.68 Å². The van der Waals surface area contributed by atoms with Crippen molar-refractivity contribution < 1.29 is 4.79 Å². The van der Waals surface area contributed by atoms with Crippen LogP contribution < -0.4 is 10.9 Å². The summed E-state index contributed by atoms with van der Waals surface area (Å²) in [7, 11) is 0. The lowest BCUT2D eigenvalue weighted by Crippen LogP contribution is -2.30. The molecule has 1 N–H and O–H groups in total. The molecule has 0 radical (unpaired) electrons. The molecule has 1 amide bonds. The lowest BCUT2D eigenvalue weighted by Gasteiger charge is -2.09. The van der Waals surface area contributed by atoms with Crippen LogP contribution in [-0.2, 0) is 17.8 Å². The standard InChI is InChI=1S/C21H19N3O2S/c1-3-14-7-6-8-15(11-14)22-18(25)12-24-21(26)19-16-9-4-5-10-17(16)27-20(19)13(2)23-24/h4-11H,3,12H2,1-2H3,(H,22,25). The average molecular weight is 377 g/mol. The van der Waals surface area contributed by atoms with Crippen LogP contribution in [0.4, 0.5) is 5.69 Å². The summed E-state index contributed by atoms with van der Waals surface area (Å²) in [6, 6.07) is 15.5. The van der Waals surface area contributed by atoms with Crippen LogP contribution in [0.15, 0.2) is 53.3 Å². The van der Waals surface area contributed by atoms with Crippen LogP contribution in [0.3, 0.4) is 0 Å². The summed E-state index contributed by atoms with van der Waals surface area (Å²) < 4.78 is 3.19. The number of hydrogen-bond acceptors (Lipinski definition) is 4. The van der Waals surface area contributed by atoms with E-state index < -0.39 is 0 Å². The number of carbonyl (C=O) groups is 1. The van der Waals surface area contributed by atoms with E-state index in [1.807, 2.05) is 55.5 Å². The third-order valence-electron chi connectivity index (χ3n) is 4.56. The average Bonchev–Trinajstić information content (AvgIpc) is 3.06. The van der Waals surface area contributed by atoms with E-state index in [1.165, 1.54) is 4.68 Å². The monoisotopic (exact) mass is 377 g/mol. The lowest BCUT2D eigenvalue weighted by molar-refractivity contribution is -0.117. The molecule has 2 aromatic heterocycles. The first-order valence-electron chi connectivity index (χ1n) is 8.84. The molecule has 0 bridgehead atoms. The normalized spacial score (nSPS) is 11.2. The Morgan fingerprint density at radius 1 is 1.19 bits per heavy atom. The summed E-state index contributed by atoms with van der Waals surface area (Å²) in [5, 5.41) is 8.78. The number of rotatable bonds is 4. The first-order valence-corrected chi connectivity index (χ1v) is 9.66. The fraction of sp³-hybridized carbons (Fsp3) is 0.190. The molecule has 136 valence electrons. The SMILES string of the molecule is CCc1cccc(NC(=O)Cn2nc(C)c3sc4ccccc4c3c2=O)c1. The van der Waals surface area contributed by atoms with Crippen LogP contribution in [0, 0.1) is 6.92 Å². The van der Waals surface area contributed by atoms with Crippen LogP contribution in [0.2, 0.25) is 0 Å². The minimum atomic E-state index is -0.267. The molecule has 0 unspecified atom stereocenters. The van der Waals surface area contributed by atoms with Gasteiger partial charge in [-0.1, -0.05) is 37.3 Å². The van der Waals surface area contributed by atoms with E-state index in [9.17, 15) is 9.59 Å². The summed E-state index contributed by atoms with van der Waals surface area (Å²) in [6.07, 6.45) is 0.895. The van der Waals surface area contributed by atoms with Crippen molar-refractivity contribution in [1.82, 2.24) is 9.78 Å². The number of amides is 1. The van der Waals surface area contributed by atoms with Gasteiger partial charge in [0.05, 0.1) is 15.8 Å². The van der Waals surface area contributed by atoms with Crippen molar-refractivity contribution in [3.63, 3.8) is 0 Å². The van der Waals surface area contributed by atoms with Gasteiger partial charge in [0.25, 0.3) is 5.56 Å². The Labute approximate surface area is 160 Å². The number of fused-ring (bicyclic) bond motifs is 3. The minimum absolute atomic E-state index is 0.115. The lowest BCUT2D eigenvalue weighted by atomic mass is 10.1.